The van der Waals surface area contributed by atoms with Crippen molar-refractivity contribution in [3.63, 3.8) is 0 Å². The fourth-order valence-electron chi connectivity index (χ4n) is 3.48. The largest absolute Gasteiger partial charge is 0.423 e. The van der Waals surface area contributed by atoms with E-state index in [-0.39, 0.29) is 30.7 Å². The predicted molar refractivity (Wildman–Crippen MR) is 111 cm³/mol. The molecule has 1 aromatic carbocycles. The van der Waals surface area contributed by atoms with Gasteiger partial charge in [0.05, 0.1) is 0 Å². The Morgan fingerprint density at radius 1 is 1.04 bits per heavy atom. The van der Waals surface area contributed by atoms with Gasteiger partial charge in [-0.15, -0.1) is 24.8 Å². The average molecular weight is 416 g/mol. The molecule has 9 heteroatoms. The first-order valence-corrected chi connectivity index (χ1v) is 9.11. The lowest BCUT2D eigenvalue weighted by Gasteiger charge is -2.34. The number of amides is 1. The van der Waals surface area contributed by atoms with Crippen LogP contribution in [0.1, 0.15) is 6.42 Å². The Labute approximate surface area is 171 Å². The molecule has 1 aromatic heterocycles. The van der Waals surface area contributed by atoms with E-state index in [2.05, 4.69) is 20.1 Å². The van der Waals surface area contributed by atoms with Crippen LogP contribution in [-0.2, 0) is 4.79 Å². The van der Waals surface area contributed by atoms with Crippen molar-refractivity contribution in [3.05, 3.63) is 24.3 Å². The quantitative estimate of drug-likeness (QED) is 0.818. The van der Waals surface area contributed by atoms with E-state index in [1.54, 1.807) is 0 Å². The summed E-state index contributed by atoms with van der Waals surface area (Å²) in [7, 11) is 0. The molecule has 7 nitrogen and oxygen atoms in total. The van der Waals surface area contributed by atoms with Crippen molar-refractivity contribution in [2.45, 2.75) is 6.42 Å². The predicted octanol–water partition coefficient (Wildman–Crippen LogP) is 1.62. The fraction of sp³-hybridized carbons (Fsp3) is 0.556. The summed E-state index contributed by atoms with van der Waals surface area (Å²) in [4.78, 5) is 23.4. The maximum absolute atomic E-state index is 12.3. The van der Waals surface area contributed by atoms with Crippen LogP contribution in [-0.4, -0.2) is 79.6 Å². The number of halogens is 2. The van der Waals surface area contributed by atoms with E-state index in [9.17, 15) is 4.79 Å². The first-order valence-electron chi connectivity index (χ1n) is 9.11. The van der Waals surface area contributed by atoms with E-state index >= 15 is 0 Å². The van der Waals surface area contributed by atoms with Crippen LogP contribution in [0, 0.1) is 0 Å². The topological polar surface area (TPSA) is 64.9 Å². The molecule has 0 aliphatic carbocycles. The monoisotopic (exact) mass is 415 g/mol. The smallest absolute Gasteiger partial charge is 0.298 e. The molecule has 27 heavy (non-hydrogen) atoms. The van der Waals surface area contributed by atoms with Crippen molar-refractivity contribution in [3.8, 4) is 0 Å². The van der Waals surface area contributed by atoms with Crippen molar-refractivity contribution in [1.82, 2.24) is 20.1 Å². The highest BCUT2D eigenvalue weighted by atomic mass is 35.5. The van der Waals surface area contributed by atoms with Crippen LogP contribution in [0.25, 0.3) is 11.1 Å². The first-order chi connectivity index (χ1) is 12.3. The molecule has 0 atom stereocenters. The number of carbonyl (C=O) groups excluding carboxylic acids is 1. The summed E-state index contributed by atoms with van der Waals surface area (Å²) in [6.45, 7) is 7.98. The van der Waals surface area contributed by atoms with Gasteiger partial charge in [-0.3, -0.25) is 9.69 Å². The third-order valence-corrected chi connectivity index (χ3v) is 5.04. The Hall–Kier alpha value is -1.54. The highest BCUT2D eigenvalue weighted by molar-refractivity contribution is 5.85. The van der Waals surface area contributed by atoms with E-state index in [0.29, 0.717) is 12.4 Å². The first kappa shape index (κ1) is 21.8. The summed E-state index contributed by atoms with van der Waals surface area (Å²) in [6.07, 6.45) is 0.614. The Morgan fingerprint density at radius 2 is 1.74 bits per heavy atom. The Balaban J connectivity index is 0.00000131. The summed E-state index contributed by atoms with van der Waals surface area (Å²) in [6, 6.07) is 8.56. The molecule has 2 fully saturated rings. The minimum atomic E-state index is 0. The van der Waals surface area contributed by atoms with Crippen LogP contribution in [0.3, 0.4) is 0 Å². The Kier molecular flexibility index (Phi) is 8.16. The van der Waals surface area contributed by atoms with E-state index < -0.39 is 0 Å². The number of hydrogen-bond donors (Lipinski definition) is 1. The molecule has 4 rings (SSSR count). The summed E-state index contributed by atoms with van der Waals surface area (Å²) < 4.78 is 5.85. The molecule has 0 unspecified atom stereocenters. The molecule has 2 aromatic rings. The van der Waals surface area contributed by atoms with Gasteiger partial charge in [0.2, 0.25) is 5.91 Å². The second kappa shape index (κ2) is 10.1. The number of fused-ring (bicyclic) bond motifs is 1. The molecule has 0 bridgehead atoms. The van der Waals surface area contributed by atoms with Gasteiger partial charge < -0.3 is 19.5 Å². The molecule has 0 saturated carbocycles. The standard InChI is InChI=1S/C18H25N5O2.2ClH/c24-17(22-9-6-19-7-10-22)5-8-21-11-13-23(14-12-21)18-20-15-3-1-2-4-16(15)25-18;;/h1-4,19H,5-14H2;2*1H. The summed E-state index contributed by atoms with van der Waals surface area (Å²) in [5, 5.41) is 3.28. The summed E-state index contributed by atoms with van der Waals surface area (Å²) >= 11 is 0. The van der Waals surface area contributed by atoms with E-state index in [4.69, 9.17) is 4.42 Å². The van der Waals surface area contributed by atoms with Crippen LogP contribution in [0.2, 0.25) is 0 Å². The fourth-order valence-corrected chi connectivity index (χ4v) is 3.48. The maximum Gasteiger partial charge on any atom is 0.298 e. The van der Waals surface area contributed by atoms with Gasteiger partial charge in [-0.2, -0.15) is 4.98 Å². The zero-order chi connectivity index (χ0) is 17.1. The minimum absolute atomic E-state index is 0. The van der Waals surface area contributed by atoms with Gasteiger partial charge in [-0.05, 0) is 12.1 Å². The number of oxazole rings is 1. The lowest BCUT2D eigenvalue weighted by Crippen LogP contribution is -2.49. The lowest BCUT2D eigenvalue weighted by molar-refractivity contribution is -0.132. The van der Waals surface area contributed by atoms with Gasteiger partial charge in [-0.1, -0.05) is 12.1 Å². The van der Waals surface area contributed by atoms with Gasteiger partial charge >= 0.3 is 0 Å². The number of aromatic nitrogens is 1. The molecule has 0 spiro atoms. The van der Waals surface area contributed by atoms with E-state index in [0.717, 1.165) is 70.0 Å². The van der Waals surface area contributed by atoms with Crippen molar-refractivity contribution in [2.24, 2.45) is 0 Å². The third kappa shape index (κ3) is 5.25. The maximum atomic E-state index is 12.3. The van der Waals surface area contributed by atoms with Crippen molar-refractivity contribution >= 4 is 47.8 Å². The lowest BCUT2D eigenvalue weighted by atomic mass is 10.2. The van der Waals surface area contributed by atoms with Crippen molar-refractivity contribution < 1.29 is 9.21 Å². The van der Waals surface area contributed by atoms with Crippen LogP contribution in [0.15, 0.2) is 28.7 Å². The molecular formula is C18H27Cl2N5O2. The number of carbonyl (C=O) groups is 1. The summed E-state index contributed by atoms with van der Waals surface area (Å²) in [5.41, 5.74) is 1.74. The number of hydrogen-bond acceptors (Lipinski definition) is 6. The van der Waals surface area contributed by atoms with Crippen LogP contribution < -0.4 is 10.2 Å². The second-order valence-electron chi connectivity index (χ2n) is 6.67. The number of anilines is 1. The number of para-hydroxylation sites is 2. The molecule has 1 amide bonds. The Bertz CT molecular complexity index is 694. The normalized spacial score (nSPS) is 18.1. The highest BCUT2D eigenvalue weighted by Gasteiger charge is 2.22. The number of benzene rings is 1. The number of nitrogens with one attached hydrogen (secondary N) is 1. The molecular weight excluding hydrogens is 389 g/mol. The average Bonchev–Trinajstić information content (AvgIpc) is 3.11. The van der Waals surface area contributed by atoms with E-state index in [1.807, 2.05) is 29.2 Å². The molecule has 2 aliphatic heterocycles. The minimum Gasteiger partial charge on any atom is -0.423 e. The molecule has 2 saturated heterocycles. The molecule has 150 valence electrons. The third-order valence-electron chi connectivity index (χ3n) is 5.04. The number of rotatable bonds is 4. The number of nitrogens with zero attached hydrogens (tertiary/aromatic N) is 4. The molecule has 2 aliphatic rings. The van der Waals surface area contributed by atoms with Gasteiger partial charge in [0.1, 0.15) is 5.52 Å². The summed E-state index contributed by atoms with van der Waals surface area (Å²) in [5.74, 6) is 0.280. The Morgan fingerprint density at radius 3 is 2.44 bits per heavy atom. The zero-order valence-electron chi connectivity index (χ0n) is 15.3. The van der Waals surface area contributed by atoms with Crippen molar-refractivity contribution in [2.75, 3.05) is 63.8 Å². The zero-order valence-corrected chi connectivity index (χ0v) is 16.9. The van der Waals surface area contributed by atoms with Gasteiger partial charge in [0, 0.05) is 65.3 Å². The molecule has 0 radical (unpaired) electrons. The number of piperazine rings is 2. The van der Waals surface area contributed by atoms with Crippen LogP contribution >= 0.6 is 24.8 Å². The second-order valence-corrected chi connectivity index (χ2v) is 6.67. The molecule has 1 N–H and O–H groups in total. The van der Waals surface area contributed by atoms with Gasteiger partial charge in [0.25, 0.3) is 6.01 Å². The SMILES string of the molecule is Cl.Cl.O=C(CCN1CCN(c2nc3ccccc3o2)CC1)N1CCNCC1. The van der Waals surface area contributed by atoms with E-state index in [1.165, 1.54) is 0 Å². The van der Waals surface area contributed by atoms with Gasteiger partial charge in [0.15, 0.2) is 5.58 Å². The molecule has 3 heterocycles. The van der Waals surface area contributed by atoms with Crippen LogP contribution in [0.4, 0.5) is 6.01 Å². The van der Waals surface area contributed by atoms with Crippen LogP contribution in [0.5, 0.6) is 0 Å². The van der Waals surface area contributed by atoms with Gasteiger partial charge in [-0.25, -0.2) is 0 Å². The van der Waals surface area contributed by atoms with Crippen molar-refractivity contribution in [1.29, 1.82) is 0 Å². The highest BCUT2D eigenvalue weighted by Crippen LogP contribution is 2.22.